The lowest BCUT2D eigenvalue weighted by Crippen LogP contribution is -2.15. The van der Waals surface area contributed by atoms with Gasteiger partial charge in [-0.1, -0.05) is 30.4 Å². The van der Waals surface area contributed by atoms with E-state index in [1.54, 1.807) is 11.6 Å². The highest BCUT2D eigenvalue weighted by atomic mass is 16.5. The van der Waals surface area contributed by atoms with Crippen molar-refractivity contribution in [2.45, 2.75) is 45.6 Å². The summed E-state index contributed by atoms with van der Waals surface area (Å²) in [6.07, 6.45) is 10.6. The molecule has 1 aromatic rings. The van der Waals surface area contributed by atoms with Crippen LogP contribution in [0.5, 0.6) is 11.5 Å². The Bertz CT molecular complexity index is 522. The van der Waals surface area contributed by atoms with Gasteiger partial charge in [0, 0.05) is 6.54 Å². The molecule has 1 N–H and O–H groups in total. The van der Waals surface area contributed by atoms with Crippen molar-refractivity contribution in [1.29, 1.82) is 0 Å². The molecule has 126 valence electrons. The summed E-state index contributed by atoms with van der Waals surface area (Å²) >= 11 is 0. The fraction of sp³-hybridized carbons (Fsp3) is 0.500. The van der Waals surface area contributed by atoms with Crippen molar-refractivity contribution in [2.24, 2.45) is 0 Å². The average Bonchev–Trinajstić information content (AvgIpc) is 2.59. The molecule has 0 saturated heterocycles. The van der Waals surface area contributed by atoms with Crippen LogP contribution in [0.15, 0.2) is 42.5 Å². The fourth-order valence-corrected chi connectivity index (χ4v) is 2.81. The van der Waals surface area contributed by atoms with Crippen LogP contribution in [0.25, 0.3) is 0 Å². The molecule has 0 heterocycles. The van der Waals surface area contributed by atoms with E-state index in [4.69, 9.17) is 9.47 Å². The lowest BCUT2D eigenvalue weighted by molar-refractivity contribution is 0.296. The molecule has 1 aliphatic carbocycles. The van der Waals surface area contributed by atoms with Crippen molar-refractivity contribution >= 4 is 0 Å². The molecular formula is C20H29NO2. The van der Waals surface area contributed by atoms with Crippen LogP contribution >= 0.6 is 0 Å². The minimum Gasteiger partial charge on any atom is -0.490 e. The number of rotatable bonds is 10. The predicted octanol–water partition coefficient (Wildman–Crippen LogP) is 4.63. The first-order valence-electron chi connectivity index (χ1n) is 8.71. The zero-order valence-corrected chi connectivity index (χ0v) is 14.3. The molecule has 0 fully saturated rings. The van der Waals surface area contributed by atoms with E-state index in [-0.39, 0.29) is 0 Å². The number of benzene rings is 1. The molecule has 0 unspecified atom stereocenters. The highest BCUT2D eigenvalue weighted by Crippen LogP contribution is 2.28. The van der Waals surface area contributed by atoms with E-state index in [0.717, 1.165) is 24.6 Å². The number of nitrogens with one attached hydrogen (secondary N) is 1. The molecule has 0 amide bonds. The second-order valence-corrected chi connectivity index (χ2v) is 5.85. The third-order valence-electron chi connectivity index (χ3n) is 4.00. The maximum absolute atomic E-state index is 5.68. The van der Waals surface area contributed by atoms with E-state index in [1.165, 1.54) is 37.7 Å². The molecule has 23 heavy (non-hydrogen) atoms. The summed E-state index contributed by atoms with van der Waals surface area (Å²) in [5.74, 6) is 1.59. The van der Waals surface area contributed by atoms with Gasteiger partial charge >= 0.3 is 0 Å². The van der Waals surface area contributed by atoms with Crippen LogP contribution in [0.1, 0.15) is 44.6 Å². The third kappa shape index (κ3) is 6.11. The normalized spacial score (nSPS) is 14.2. The van der Waals surface area contributed by atoms with E-state index in [0.29, 0.717) is 13.2 Å². The molecule has 2 rings (SSSR count). The zero-order chi connectivity index (χ0) is 16.3. The monoisotopic (exact) mass is 315 g/mol. The molecule has 1 aromatic carbocycles. The summed E-state index contributed by atoms with van der Waals surface area (Å²) in [6, 6.07) is 6.14. The summed E-state index contributed by atoms with van der Waals surface area (Å²) in [7, 11) is 0. The van der Waals surface area contributed by atoms with Crippen LogP contribution in [0, 0.1) is 0 Å². The summed E-state index contributed by atoms with van der Waals surface area (Å²) in [4.78, 5) is 0. The maximum atomic E-state index is 5.68. The van der Waals surface area contributed by atoms with Crippen LogP contribution in [-0.4, -0.2) is 19.8 Å². The minimum atomic E-state index is 0.493. The van der Waals surface area contributed by atoms with Crippen LogP contribution in [0.2, 0.25) is 0 Å². The van der Waals surface area contributed by atoms with Crippen molar-refractivity contribution in [3.8, 4) is 11.5 Å². The molecule has 0 saturated carbocycles. The molecule has 0 atom stereocenters. The van der Waals surface area contributed by atoms with Gasteiger partial charge in [0.2, 0.25) is 0 Å². The Morgan fingerprint density at radius 2 is 2.13 bits per heavy atom. The summed E-state index contributed by atoms with van der Waals surface area (Å²) < 4.78 is 11.3. The number of hydrogen-bond acceptors (Lipinski definition) is 3. The first-order valence-corrected chi connectivity index (χ1v) is 8.71. The smallest absolute Gasteiger partial charge is 0.161 e. The van der Waals surface area contributed by atoms with Crippen molar-refractivity contribution in [3.63, 3.8) is 0 Å². The van der Waals surface area contributed by atoms with Gasteiger partial charge in [-0.2, -0.15) is 0 Å². The standard InChI is InChI=1S/C20H29NO2/c1-3-14-23-19-11-10-18(15-20(19)22-4-2)16-21-13-12-17-8-6-5-7-9-17/h3,8,10-11,15,21H,1,4-7,9,12-14,16H2,2H3. The molecule has 0 spiro atoms. The molecule has 0 radical (unpaired) electrons. The average molecular weight is 315 g/mol. The van der Waals surface area contributed by atoms with Crippen molar-refractivity contribution in [2.75, 3.05) is 19.8 Å². The number of hydrogen-bond donors (Lipinski definition) is 1. The van der Waals surface area contributed by atoms with Crippen LogP contribution in [0.3, 0.4) is 0 Å². The van der Waals surface area contributed by atoms with Gasteiger partial charge in [0.1, 0.15) is 6.61 Å². The Morgan fingerprint density at radius 1 is 1.22 bits per heavy atom. The molecule has 3 nitrogen and oxygen atoms in total. The molecule has 0 bridgehead atoms. The first kappa shape index (κ1) is 17.6. The highest BCUT2D eigenvalue weighted by Gasteiger charge is 2.07. The largest absolute Gasteiger partial charge is 0.490 e. The van der Waals surface area contributed by atoms with E-state index in [1.807, 2.05) is 13.0 Å². The topological polar surface area (TPSA) is 30.5 Å². The molecule has 1 aliphatic rings. The summed E-state index contributed by atoms with van der Waals surface area (Å²) in [5, 5.41) is 3.53. The zero-order valence-electron chi connectivity index (χ0n) is 14.3. The van der Waals surface area contributed by atoms with E-state index >= 15 is 0 Å². The third-order valence-corrected chi connectivity index (χ3v) is 4.00. The van der Waals surface area contributed by atoms with E-state index in [2.05, 4.69) is 30.1 Å². The molecule has 0 aromatic heterocycles. The summed E-state index contributed by atoms with van der Waals surface area (Å²) in [5.41, 5.74) is 2.84. The Balaban J connectivity index is 1.82. The second kappa shape index (κ2) is 10.1. The first-order chi connectivity index (χ1) is 11.3. The Kier molecular flexibility index (Phi) is 7.74. The van der Waals surface area contributed by atoms with Gasteiger partial charge in [0.15, 0.2) is 11.5 Å². The van der Waals surface area contributed by atoms with Crippen molar-refractivity contribution in [1.82, 2.24) is 5.32 Å². The molecular weight excluding hydrogens is 286 g/mol. The van der Waals surface area contributed by atoms with Gasteiger partial charge in [-0.3, -0.25) is 0 Å². The highest BCUT2D eigenvalue weighted by molar-refractivity contribution is 5.43. The predicted molar refractivity (Wildman–Crippen MR) is 96.2 cm³/mol. The number of ether oxygens (including phenoxy) is 2. The maximum Gasteiger partial charge on any atom is 0.161 e. The van der Waals surface area contributed by atoms with Gasteiger partial charge < -0.3 is 14.8 Å². The van der Waals surface area contributed by atoms with E-state index in [9.17, 15) is 0 Å². The van der Waals surface area contributed by atoms with Crippen LogP contribution in [0.4, 0.5) is 0 Å². The van der Waals surface area contributed by atoms with Crippen LogP contribution in [-0.2, 0) is 6.54 Å². The fourth-order valence-electron chi connectivity index (χ4n) is 2.81. The molecule has 0 aliphatic heterocycles. The van der Waals surface area contributed by atoms with Gasteiger partial charge in [-0.05, 0) is 63.3 Å². The van der Waals surface area contributed by atoms with Gasteiger partial charge in [-0.25, -0.2) is 0 Å². The van der Waals surface area contributed by atoms with Crippen molar-refractivity contribution in [3.05, 3.63) is 48.1 Å². The molecule has 3 heteroatoms. The van der Waals surface area contributed by atoms with Gasteiger partial charge in [0.05, 0.1) is 6.61 Å². The summed E-state index contributed by atoms with van der Waals surface area (Å²) in [6.45, 7) is 8.68. The van der Waals surface area contributed by atoms with E-state index < -0.39 is 0 Å². The Labute approximate surface area is 140 Å². The lowest BCUT2D eigenvalue weighted by atomic mass is 9.97. The van der Waals surface area contributed by atoms with Crippen LogP contribution < -0.4 is 14.8 Å². The minimum absolute atomic E-state index is 0.493. The van der Waals surface area contributed by atoms with Gasteiger partial charge in [0.25, 0.3) is 0 Å². The van der Waals surface area contributed by atoms with Crippen molar-refractivity contribution < 1.29 is 9.47 Å². The Hall–Kier alpha value is -1.74. The number of allylic oxidation sites excluding steroid dienone is 1. The Morgan fingerprint density at radius 3 is 2.87 bits per heavy atom. The lowest BCUT2D eigenvalue weighted by Gasteiger charge is -2.14. The van der Waals surface area contributed by atoms with Gasteiger partial charge in [-0.15, -0.1) is 0 Å². The second-order valence-electron chi connectivity index (χ2n) is 5.85. The SMILES string of the molecule is C=CCOc1ccc(CNCCC2=CCCCC2)cc1OCC. The quantitative estimate of drug-likeness (QED) is 0.504.